The van der Waals surface area contributed by atoms with Gasteiger partial charge in [-0.05, 0) is 6.07 Å². The molecule has 0 saturated carbocycles. The number of hydrogen-bond acceptors (Lipinski definition) is 3. The van der Waals surface area contributed by atoms with Crippen molar-refractivity contribution in [2.24, 2.45) is 0 Å². The van der Waals surface area contributed by atoms with E-state index in [4.69, 9.17) is 9.47 Å². The Bertz CT molecular complexity index is 571. The molecule has 1 aliphatic heterocycles. The van der Waals surface area contributed by atoms with E-state index < -0.39 is 0 Å². The van der Waals surface area contributed by atoms with E-state index in [1.807, 2.05) is 28.8 Å². The lowest BCUT2D eigenvalue weighted by molar-refractivity contribution is 0.0513. The Kier molecular flexibility index (Phi) is 1.97. The molecule has 2 aromatic rings. The van der Waals surface area contributed by atoms with Crippen molar-refractivity contribution in [3.8, 4) is 0 Å². The number of nitrogens with zero attached hydrogens (tertiary/aromatic N) is 1. The number of aromatic nitrogens is 1. The van der Waals surface area contributed by atoms with E-state index >= 15 is 0 Å². The molecule has 1 aromatic heterocycles. The summed E-state index contributed by atoms with van der Waals surface area (Å²) < 4.78 is 12.0. The van der Waals surface area contributed by atoms with Gasteiger partial charge in [-0.3, -0.25) is 0 Å². The first-order chi connectivity index (χ1) is 7.83. The number of fused-ring (bicyclic) bond motifs is 3. The summed E-state index contributed by atoms with van der Waals surface area (Å²) >= 11 is 0. The Morgan fingerprint density at radius 1 is 1.44 bits per heavy atom. The minimum Gasteiger partial charge on any atom is -0.456 e. The monoisotopic (exact) mass is 217 g/mol. The molecule has 3 rings (SSSR count). The lowest BCUT2D eigenvalue weighted by Crippen LogP contribution is -2.08. The predicted molar refractivity (Wildman–Crippen MR) is 58.1 cm³/mol. The maximum Gasteiger partial charge on any atom is 0.355 e. The molecule has 0 radical (unpaired) electrons. The third-order valence-corrected chi connectivity index (χ3v) is 2.87. The number of rotatable bonds is 2. The van der Waals surface area contributed by atoms with Crippen LogP contribution in [-0.4, -0.2) is 17.6 Å². The van der Waals surface area contributed by atoms with E-state index in [2.05, 4.69) is 0 Å². The van der Waals surface area contributed by atoms with E-state index in [9.17, 15) is 4.79 Å². The average Bonchev–Trinajstić information content (AvgIpc) is 2.81. The van der Waals surface area contributed by atoms with Crippen LogP contribution in [0, 0.1) is 0 Å². The number of esters is 1. The second kappa shape index (κ2) is 3.35. The molecule has 0 spiro atoms. The van der Waals surface area contributed by atoms with Gasteiger partial charge in [-0.2, -0.15) is 0 Å². The lowest BCUT2D eigenvalue weighted by Gasteiger charge is -2.06. The number of carbonyl (C=O) groups excluding carboxylic acids is 1. The van der Waals surface area contributed by atoms with Gasteiger partial charge in [-0.15, -0.1) is 0 Å². The molecule has 0 unspecified atom stereocenters. The fraction of sp³-hybridized carbons (Fsp3) is 0.250. The van der Waals surface area contributed by atoms with Gasteiger partial charge in [0.15, 0.2) is 0 Å². The summed E-state index contributed by atoms with van der Waals surface area (Å²) in [5.74, 6) is -0.261. The van der Waals surface area contributed by atoms with Crippen molar-refractivity contribution in [3.05, 3.63) is 35.5 Å². The normalized spacial score (nSPS) is 14.2. The predicted octanol–water partition coefficient (Wildman–Crippen LogP) is 1.92. The third-order valence-electron chi connectivity index (χ3n) is 2.87. The first-order valence-corrected chi connectivity index (χ1v) is 5.09. The van der Waals surface area contributed by atoms with Crippen LogP contribution in [0.5, 0.6) is 0 Å². The highest BCUT2D eigenvalue weighted by Gasteiger charge is 2.29. The van der Waals surface area contributed by atoms with Crippen LogP contribution in [0.25, 0.3) is 10.9 Å². The number of benzene rings is 1. The summed E-state index contributed by atoms with van der Waals surface area (Å²) in [7, 11) is 1.61. The summed E-state index contributed by atoms with van der Waals surface area (Å²) in [5, 5.41) is 1.07. The molecule has 0 aliphatic carbocycles. The zero-order valence-electron chi connectivity index (χ0n) is 8.90. The van der Waals surface area contributed by atoms with Crippen LogP contribution in [0.3, 0.4) is 0 Å². The van der Waals surface area contributed by atoms with Crippen molar-refractivity contribution in [2.45, 2.75) is 13.3 Å². The van der Waals surface area contributed by atoms with Gasteiger partial charge in [0.05, 0.1) is 5.52 Å². The average molecular weight is 217 g/mol. The number of para-hydroxylation sites is 1. The molecule has 1 aromatic carbocycles. The molecular formula is C12H11NO3. The van der Waals surface area contributed by atoms with E-state index in [-0.39, 0.29) is 5.97 Å². The van der Waals surface area contributed by atoms with Gasteiger partial charge >= 0.3 is 5.97 Å². The summed E-state index contributed by atoms with van der Waals surface area (Å²) in [4.78, 5) is 11.6. The molecule has 4 nitrogen and oxygen atoms in total. The fourth-order valence-electron chi connectivity index (χ4n) is 2.22. The molecule has 0 saturated heterocycles. The van der Waals surface area contributed by atoms with Crippen LogP contribution in [-0.2, 0) is 22.8 Å². The number of methoxy groups -OCH3 is 1. The summed E-state index contributed by atoms with van der Waals surface area (Å²) in [6, 6.07) is 7.90. The number of hydrogen-bond donors (Lipinski definition) is 0. The Labute approximate surface area is 92.4 Å². The number of carbonyl (C=O) groups is 1. The van der Waals surface area contributed by atoms with Crippen LogP contribution in [0.4, 0.5) is 0 Å². The molecular weight excluding hydrogens is 206 g/mol. The van der Waals surface area contributed by atoms with Crippen LogP contribution >= 0.6 is 0 Å². The molecule has 0 atom stereocenters. The summed E-state index contributed by atoms with van der Waals surface area (Å²) in [6.07, 6.45) is 0. The smallest absolute Gasteiger partial charge is 0.355 e. The van der Waals surface area contributed by atoms with Crippen molar-refractivity contribution in [1.82, 2.24) is 4.57 Å². The van der Waals surface area contributed by atoms with Gasteiger partial charge < -0.3 is 14.0 Å². The van der Waals surface area contributed by atoms with E-state index in [0.29, 0.717) is 19.0 Å². The van der Waals surface area contributed by atoms with Gasteiger partial charge in [-0.1, -0.05) is 18.2 Å². The Balaban J connectivity index is 2.36. The van der Waals surface area contributed by atoms with Crippen molar-refractivity contribution >= 4 is 16.9 Å². The topological polar surface area (TPSA) is 40.5 Å². The molecule has 0 bridgehead atoms. The van der Waals surface area contributed by atoms with Gasteiger partial charge in [-0.25, -0.2) is 4.79 Å². The molecule has 2 heterocycles. The highest BCUT2D eigenvalue weighted by molar-refractivity contribution is 6.01. The van der Waals surface area contributed by atoms with Gasteiger partial charge in [0, 0.05) is 18.1 Å². The standard InChI is InChI=1S/C12H11NO3/c1-15-7-13-10-5-3-2-4-8(10)9-6-16-12(14)11(9)13/h2-5H,6-7H2,1H3. The maximum absolute atomic E-state index is 11.6. The zero-order chi connectivity index (χ0) is 11.1. The lowest BCUT2D eigenvalue weighted by atomic mass is 10.1. The zero-order valence-corrected chi connectivity index (χ0v) is 8.90. The molecule has 0 N–H and O–H groups in total. The minimum atomic E-state index is -0.261. The number of ether oxygens (including phenoxy) is 2. The van der Waals surface area contributed by atoms with Gasteiger partial charge in [0.25, 0.3) is 0 Å². The Morgan fingerprint density at radius 2 is 2.25 bits per heavy atom. The minimum absolute atomic E-state index is 0.261. The quantitative estimate of drug-likeness (QED) is 0.721. The first kappa shape index (κ1) is 9.42. The number of cyclic esters (lactones) is 1. The van der Waals surface area contributed by atoms with Crippen molar-refractivity contribution < 1.29 is 14.3 Å². The fourth-order valence-corrected chi connectivity index (χ4v) is 2.22. The first-order valence-electron chi connectivity index (χ1n) is 5.09. The second-order valence-corrected chi connectivity index (χ2v) is 3.77. The summed E-state index contributed by atoms with van der Waals surface area (Å²) in [5.41, 5.74) is 2.62. The molecule has 16 heavy (non-hydrogen) atoms. The van der Waals surface area contributed by atoms with Crippen LogP contribution in [0.1, 0.15) is 16.1 Å². The van der Waals surface area contributed by atoms with E-state index in [1.165, 1.54) is 0 Å². The summed E-state index contributed by atoms with van der Waals surface area (Å²) in [6.45, 7) is 0.732. The van der Waals surface area contributed by atoms with Crippen LogP contribution in [0.15, 0.2) is 24.3 Å². The highest BCUT2D eigenvalue weighted by Crippen LogP contribution is 2.31. The Morgan fingerprint density at radius 3 is 3.06 bits per heavy atom. The maximum atomic E-state index is 11.6. The van der Waals surface area contributed by atoms with E-state index in [1.54, 1.807) is 7.11 Å². The Hall–Kier alpha value is -1.81. The van der Waals surface area contributed by atoms with Crippen molar-refractivity contribution in [1.29, 1.82) is 0 Å². The van der Waals surface area contributed by atoms with Crippen molar-refractivity contribution in [3.63, 3.8) is 0 Å². The van der Waals surface area contributed by atoms with Crippen molar-refractivity contribution in [2.75, 3.05) is 7.11 Å². The SMILES string of the molecule is COCn1c2c(c3ccccc31)COC2=O. The second-order valence-electron chi connectivity index (χ2n) is 3.77. The van der Waals surface area contributed by atoms with Crippen LogP contribution < -0.4 is 0 Å². The van der Waals surface area contributed by atoms with E-state index in [0.717, 1.165) is 16.5 Å². The molecule has 0 amide bonds. The highest BCUT2D eigenvalue weighted by atomic mass is 16.5. The van der Waals surface area contributed by atoms with Crippen LogP contribution in [0.2, 0.25) is 0 Å². The molecule has 4 heteroatoms. The van der Waals surface area contributed by atoms with Gasteiger partial charge in [0.1, 0.15) is 19.0 Å². The molecule has 0 fully saturated rings. The molecule has 1 aliphatic rings. The van der Waals surface area contributed by atoms with Gasteiger partial charge in [0.2, 0.25) is 0 Å². The largest absolute Gasteiger partial charge is 0.456 e. The molecule has 82 valence electrons. The third kappa shape index (κ3) is 1.10.